The molecule has 0 N–H and O–H groups in total. The van der Waals surface area contributed by atoms with Crippen molar-refractivity contribution < 1.29 is 138 Å². The lowest BCUT2D eigenvalue weighted by Crippen LogP contribution is -2.63. The van der Waals surface area contributed by atoms with Crippen LogP contribution in [0, 0.1) is 6.92 Å². The van der Waals surface area contributed by atoms with Crippen molar-refractivity contribution in [3.63, 3.8) is 0 Å². The molecule has 710 valence electrons. The molecule has 0 aliphatic carbocycles. The number of hydrogen-bond acceptors (Lipinski definition) is 39. The van der Waals surface area contributed by atoms with E-state index in [0.717, 1.165) is 34.6 Å². The van der Waals surface area contributed by atoms with Crippen molar-refractivity contribution in [1.82, 2.24) is 75.0 Å². The standard InChI is InChI=1S/C88H92BCl2N15O29/c1-50-36-104(97-92-50)41-65-70(129-80(112)56-22-12-7-13-23-56)74(131-82(114)58-26-16-9-17-27-58)76(118-35-32-89)85(126-65)120-46-63-37-102(98-95-63)33-34-103-38-64(96-99-103)47-121-86-78(133-84(116)60-30-20-11-21-31-60)75(132-83(115)59-28-18-10-19-29-59)71(130-81(113)57-24-14-8-15-25-57)66(127-86)42-105-39-61(93-100-105)44-117-45-62-40-106(101-94-62)43-67-72(122-52(3)108)79(125-55(6)111)88(49-90,134-67)135-87-77(124-54(5)110)73(123-53(4)109)69(91)68(128-87)48-119-51(2)107/h7-31,36-40,65-79,85-87H,32-35,41-49H2,1-6H3/t65-,66-,67-,68-,69+,70-,71-,72-,73+,74+,75+,76+,77-,78+,79+,85+,86+,87-,88+/m1/s1. The molecule has 0 amide bonds. The molecule has 5 aromatic carbocycles. The number of rotatable bonds is 41. The number of esters is 10. The van der Waals surface area contributed by atoms with Crippen LogP contribution in [-0.2, 0) is 173 Å². The maximum Gasteiger partial charge on any atom is 0.338 e. The lowest BCUT2D eigenvalue weighted by atomic mass is 9.97. The molecule has 4 fully saturated rings. The number of carbonyl (C=O) groups is 10. The van der Waals surface area contributed by atoms with E-state index in [-0.39, 0.29) is 110 Å². The van der Waals surface area contributed by atoms with Crippen LogP contribution >= 0.6 is 23.2 Å². The zero-order valence-electron chi connectivity index (χ0n) is 73.3. The summed E-state index contributed by atoms with van der Waals surface area (Å²) in [5, 5.41) is 41.6. The molecule has 10 aromatic rings. The summed E-state index contributed by atoms with van der Waals surface area (Å²) in [6.07, 6.45) is -17.5. The quantitative estimate of drug-likeness (QED) is 0.0202. The molecule has 9 heterocycles. The Labute approximate surface area is 780 Å². The number of hydrogen-bond donors (Lipinski definition) is 0. The number of aromatic nitrogens is 15. The molecule has 47 heteroatoms. The molecular weight excluding hydrogens is 1810 g/mol. The number of nitrogens with zero attached hydrogens (tertiary/aromatic N) is 15. The third-order valence-electron chi connectivity index (χ3n) is 21.0. The van der Waals surface area contributed by atoms with Gasteiger partial charge in [0.2, 0.25) is 12.1 Å². The molecule has 14 rings (SSSR count). The highest BCUT2D eigenvalue weighted by Gasteiger charge is 2.64. The van der Waals surface area contributed by atoms with Gasteiger partial charge < -0.3 is 90.0 Å². The monoisotopic (exact) mass is 1900 g/mol. The molecule has 2 radical (unpaired) electrons. The van der Waals surface area contributed by atoms with Crippen molar-refractivity contribution >= 4 is 90.7 Å². The molecule has 4 saturated heterocycles. The average Bonchev–Trinajstić information content (AvgIpc) is 1.62. The second-order valence-corrected chi connectivity index (χ2v) is 31.9. The van der Waals surface area contributed by atoms with Gasteiger partial charge in [0.25, 0.3) is 0 Å². The minimum Gasteiger partial charge on any atom is -0.463 e. The van der Waals surface area contributed by atoms with Crippen LogP contribution in [0.15, 0.2) is 183 Å². The van der Waals surface area contributed by atoms with Crippen LogP contribution in [0.25, 0.3) is 0 Å². The third kappa shape index (κ3) is 25.8. The first-order valence-electron chi connectivity index (χ1n) is 42.4. The summed E-state index contributed by atoms with van der Waals surface area (Å²) in [6, 6.07) is 40.2. The predicted molar refractivity (Wildman–Crippen MR) is 455 cm³/mol. The van der Waals surface area contributed by atoms with Crippen molar-refractivity contribution in [2.75, 3.05) is 19.1 Å². The van der Waals surface area contributed by atoms with Gasteiger partial charge in [0.15, 0.2) is 67.5 Å². The van der Waals surface area contributed by atoms with Gasteiger partial charge in [-0.2, -0.15) is 0 Å². The molecule has 135 heavy (non-hydrogen) atoms. The highest BCUT2D eigenvalue weighted by atomic mass is 35.5. The fourth-order valence-electron chi connectivity index (χ4n) is 15.1. The molecule has 0 bridgehead atoms. The van der Waals surface area contributed by atoms with Gasteiger partial charge in [0.1, 0.15) is 65.3 Å². The maximum atomic E-state index is 14.6. The van der Waals surface area contributed by atoms with Crippen molar-refractivity contribution in [1.29, 1.82) is 0 Å². The molecule has 5 aromatic heterocycles. The normalized spacial score (nSPS) is 24.8. The summed E-state index contributed by atoms with van der Waals surface area (Å²) in [6.45, 7) is 5.12. The largest absolute Gasteiger partial charge is 0.463 e. The van der Waals surface area contributed by atoms with Gasteiger partial charge in [-0.15, -0.1) is 48.7 Å². The molecular formula is C88H92BCl2N15O29. The summed E-state index contributed by atoms with van der Waals surface area (Å²) in [5.41, 5.74) is 2.26. The number of carbonyl (C=O) groups excluding carboxylic acids is 10. The average molecular weight is 1910 g/mol. The van der Waals surface area contributed by atoms with Crippen molar-refractivity contribution in [3.05, 3.63) is 239 Å². The van der Waals surface area contributed by atoms with Crippen LogP contribution in [0.2, 0.25) is 6.32 Å². The number of alkyl halides is 2. The van der Waals surface area contributed by atoms with E-state index in [9.17, 15) is 47.9 Å². The fraction of sp³-hybridized carbons (Fsp3) is 0.432. The SMILES string of the molecule is [B]CCO[C@@H]1[C@@H](OCc2cn(CCn3cc(CO[C@H]4O[C@H](Cn5cc(COCc6cn(C[C@H]7O[C@@](CCl)(O[C@H]8O[C@H](COC(C)=O)[C@H](Cl)[C@H](OC(C)=O)[C@H]8OC(C)=O)[C@@H](OC(C)=O)[C@@H]7OC(C)=O)nn6)nn5)[C@@H](OC(=O)c5ccccc5)[C@H](OC(=O)c5ccccc5)[C@@H]4OC(=O)c4ccccc4)nn3)nn2)O[C@H](Cn2cc(C)nn2)[C@@H](OC(=O)c2ccccc2)[C@@H]1OC(=O)c1ccccc1. The van der Waals surface area contributed by atoms with Gasteiger partial charge in [-0.25, -0.2) is 38.0 Å². The van der Waals surface area contributed by atoms with Gasteiger partial charge in [0.05, 0.1) is 131 Å². The summed E-state index contributed by atoms with van der Waals surface area (Å²) in [7, 11) is 6.00. The Morgan fingerprint density at radius 3 is 1.15 bits per heavy atom. The number of halogens is 2. The van der Waals surface area contributed by atoms with Crippen LogP contribution in [0.3, 0.4) is 0 Å². The fourth-order valence-corrected chi connectivity index (χ4v) is 15.7. The van der Waals surface area contributed by atoms with Crippen LogP contribution in [0.4, 0.5) is 0 Å². The van der Waals surface area contributed by atoms with Gasteiger partial charge in [-0.3, -0.25) is 33.3 Å². The minimum absolute atomic E-state index is 0.0332. The van der Waals surface area contributed by atoms with Gasteiger partial charge in [0, 0.05) is 47.4 Å². The predicted octanol–water partition coefficient (Wildman–Crippen LogP) is 5.33. The van der Waals surface area contributed by atoms with E-state index in [1.54, 1.807) is 141 Å². The summed E-state index contributed by atoms with van der Waals surface area (Å²) in [4.78, 5) is 135. The Kier molecular flexibility index (Phi) is 33.4. The first-order valence-corrected chi connectivity index (χ1v) is 43.4. The van der Waals surface area contributed by atoms with Crippen LogP contribution < -0.4 is 0 Å². The Bertz CT molecular complexity index is 5680. The van der Waals surface area contributed by atoms with Gasteiger partial charge in [-0.05, 0) is 67.6 Å². The second kappa shape index (κ2) is 46.2. The molecule has 0 unspecified atom stereocenters. The second-order valence-electron chi connectivity index (χ2n) is 31.2. The number of aryl methyl sites for hydroxylation is 3. The van der Waals surface area contributed by atoms with Crippen LogP contribution in [0.1, 0.15) is 115 Å². The molecule has 19 atom stereocenters. The lowest BCUT2D eigenvalue weighted by Gasteiger charge is -2.45. The van der Waals surface area contributed by atoms with E-state index in [1.807, 2.05) is 0 Å². The van der Waals surface area contributed by atoms with Gasteiger partial charge >= 0.3 is 59.7 Å². The summed E-state index contributed by atoms with van der Waals surface area (Å²) in [5.74, 6) is -11.5. The topological polar surface area (TPSA) is 500 Å². The lowest BCUT2D eigenvalue weighted by molar-refractivity contribution is -0.359. The van der Waals surface area contributed by atoms with E-state index in [0.29, 0.717) is 11.4 Å². The van der Waals surface area contributed by atoms with Crippen LogP contribution in [0.5, 0.6) is 0 Å². The third-order valence-corrected chi connectivity index (χ3v) is 21.9. The molecule has 4 aliphatic heterocycles. The Balaban J connectivity index is 0.675. The van der Waals surface area contributed by atoms with Crippen molar-refractivity contribution in [3.8, 4) is 0 Å². The Hall–Kier alpha value is -13.2. The molecule has 0 saturated carbocycles. The highest BCUT2D eigenvalue weighted by molar-refractivity contribution is 6.21. The van der Waals surface area contributed by atoms with Gasteiger partial charge in [-0.1, -0.05) is 123 Å². The zero-order valence-corrected chi connectivity index (χ0v) is 74.8. The minimum atomic E-state index is -2.34. The van der Waals surface area contributed by atoms with E-state index < -0.39 is 194 Å². The molecule has 0 spiro atoms. The van der Waals surface area contributed by atoms with Crippen molar-refractivity contribution in [2.45, 2.75) is 223 Å². The van der Waals surface area contributed by atoms with E-state index in [1.165, 1.54) is 72.2 Å². The summed E-state index contributed by atoms with van der Waals surface area (Å²) < 4.78 is 124. The molecule has 44 nitrogen and oxygen atoms in total. The number of benzene rings is 5. The molecule has 4 aliphatic rings. The smallest absolute Gasteiger partial charge is 0.338 e. The maximum absolute atomic E-state index is 14.6. The zero-order chi connectivity index (χ0) is 95.2. The Morgan fingerprint density at radius 2 is 0.733 bits per heavy atom. The van der Waals surface area contributed by atoms with E-state index in [4.69, 9.17) is 121 Å². The van der Waals surface area contributed by atoms with E-state index in [2.05, 4.69) is 51.6 Å². The van der Waals surface area contributed by atoms with E-state index >= 15 is 0 Å². The number of ether oxygens (including phenoxy) is 19. The van der Waals surface area contributed by atoms with Crippen LogP contribution in [-0.4, -0.2) is 277 Å². The first-order chi connectivity index (χ1) is 65.2. The highest BCUT2D eigenvalue weighted by Crippen LogP contribution is 2.43. The first kappa shape index (κ1) is 97.8. The Morgan fingerprint density at radius 1 is 0.378 bits per heavy atom. The summed E-state index contributed by atoms with van der Waals surface area (Å²) >= 11 is 13.5. The van der Waals surface area contributed by atoms with Crippen molar-refractivity contribution in [2.24, 2.45) is 0 Å².